The predicted molar refractivity (Wildman–Crippen MR) is 104 cm³/mol. The van der Waals surface area contributed by atoms with Gasteiger partial charge >= 0.3 is 6.03 Å². The van der Waals surface area contributed by atoms with E-state index < -0.39 is 12.1 Å². The van der Waals surface area contributed by atoms with E-state index in [9.17, 15) is 9.59 Å². The van der Waals surface area contributed by atoms with E-state index in [-0.39, 0.29) is 12.2 Å². The first-order valence-corrected chi connectivity index (χ1v) is 10.1. The Morgan fingerprint density at radius 3 is 2.45 bits per heavy atom. The van der Waals surface area contributed by atoms with E-state index in [4.69, 9.17) is 18.9 Å². The number of imide groups is 1. The maximum Gasteiger partial charge on any atom is 0.325 e. The van der Waals surface area contributed by atoms with Crippen LogP contribution in [0.1, 0.15) is 19.8 Å². The van der Waals surface area contributed by atoms with Crippen molar-refractivity contribution in [1.82, 2.24) is 10.2 Å². The fraction of sp³-hybridized carbons (Fsp3) is 0.600. The lowest BCUT2D eigenvalue weighted by Gasteiger charge is -2.36. The Hall–Kier alpha value is -2.36. The Morgan fingerprint density at radius 1 is 1.03 bits per heavy atom. The molecule has 1 aromatic rings. The van der Waals surface area contributed by atoms with Crippen LogP contribution in [0.15, 0.2) is 18.2 Å². The van der Waals surface area contributed by atoms with E-state index in [0.717, 1.165) is 25.9 Å². The van der Waals surface area contributed by atoms with E-state index in [2.05, 4.69) is 15.5 Å². The number of nitrogens with one attached hydrogen (secondary N) is 2. The van der Waals surface area contributed by atoms with E-state index >= 15 is 0 Å². The minimum atomic E-state index is -0.568. The summed E-state index contributed by atoms with van der Waals surface area (Å²) in [4.78, 5) is 26.8. The molecule has 3 aliphatic heterocycles. The molecule has 29 heavy (non-hydrogen) atoms. The lowest BCUT2D eigenvalue weighted by Crippen LogP contribution is -2.51. The van der Waals surface area contributed by atoms with Gasteiger partial charge in [0.05, 0.1) is 19.3 Å². The van der Waals surface area contributed by atoms with Gasteiger partial charge in [-0.2, -0.15) is 0 Å². The average Bonchev–Trinajstić information content (AvgIpc) is 3.28. The third kappa shape index (κ3) is 4.80. The van der Waals surface area contributed by atoms with Crippen molar-refractivity contribution < 1.29 is 28.5 Å². The summed E-state index contributed by atoms with van der Waals surface area (Å²) in [5.74, 6) is 1.25. The van der Waals surface area contributed by atoms with Crippen molar-refractivity contribution in [3.05, 3.63) is 18.2 Å². The number of anilines is 1. The van der Waals surface area contributed by atoms with Crippen molar-refractivity contribution in [1.29, 1.82) is 0 Å². The third-order valence-electron chi connectivity index (χ3n) is 5.57. The molecule has 1 aromatic carbocycles. The Kier molecular flexibility index (Phi) is 6.17. The number of likely N-dealkylation sites (tertiary alicyclic amines) is 1. The number of carbonyl (C=O) groups is 2. The first kappa shape index (κ1) is 19.9. The van der Waals surface area contributed by atoms with Crippen molar-refractivity contribution in [2.75, 3.05) is 44.8 Å². The summed E-state index contributed by atoms with van der Waals surface area (Å²) < 4.78 is 22.1. The Balaban J connectivity index is 1.24. The van der Waals surface area contributed by atoms with Crippen molar-refractivity contribution in [2.24, 2.45) is 5.92 Å². The highest BCUT2D eigenvalue weighted by Gasteiger charge is 2.33. The van der Waals surface area contributed by atoms with Crippen LogP contribution in [0.3, 0.4) is 0 Å². The molecular formula is C20H27N3O6. The maximum atomic E-state index is 12.5. The van der Waals surface area contributed by atoms with E-state index in [0.29, 0.717) is 49.5 Å². The summed E-state index contributed by atoms with van der Waals surface area (Å²) in [5.41, 5.74) is 0.532. The normalized spacial score (nSPS) is 21.6. The van der Waals surface area contributed by atoms with Gasteiger partial charge in [0.15, 0.2) is 17.8 Å². The second-order valence-corrected chi connectivity index (χ2v) is 7.46. The van der Waals surface area contributed by atoms with Crippen molar-refractivity contribution in [3.63, 3.8) is 0 Å². The minimum Gasteiger partial charge on any atom is -0.486 e. The fourth-order valence-electron chi connectivity index (χ4n) is 3.89. The van der Waals surface area contributed by atoms with Crippen molar-refractivity contribution >= 4 is 17.6 Å². The molecule has 3 amide bonds. The smallest absolute Gasteiger partial charge is 0.325 e. The summed E-state index contributed by atoms with van der Waals surface area (Å²) in [6.07, 6.45) is 1.70. The molecular weight excluding hydrogens is 378 g/mol. The van der Waals surface area contributed by atoms with Crippen LogP contribution in [0.25, 0.3) is 0 Å². The molecule has 3 aliphatic rings. The molecule has 9 heteroatoms. The van der Waals surface area contributed by atoms with E-state index in [1.807, 2.05) is 6.92 Å². The zero-order chi connectivity index (χ0) is 20.2. The van der Waals surface area contributed by atoms with Gasteiger partial charge in [0.2, 0.25) is 5.91 Å². The zero-order valence-corrected chi connectivity index (χ0v) is 16.5. The van der Waals surface area contributed by atoms with Gasteiger partial charge < -0.3 is 24.3 Å². The fourth-order valence-corrected chi connectivity index (χ4v) is 3.89. The number of ether oxygens (including phenoxy) is 4. The highest BCUT2D eigenvalue weighted by atomic mass is 16.7. The lowest BCUT2D eigenvalue weighted by molar-refractivity contribution is -0.127. The molecule has 1 atom stereocenters. The lowest BCUT2D eigenvalue weighted by atomic mass is 9.95. The van der Waals surface area contributed by atoms with Crippen LogP contribution in [0.4, 0.5) is 10.5 Å². The molecule has 3 heterocycles. The molecule has 1 unspecified atom stereocenters. The summed E-state index contributed by atoms with van der Waals surface area (Å²) in [6, 6.07) is 4.16. The largest absolute Gasteiger partial charge is 0.486 e. The Labute approximate surface area is 169 Å². The molecule has 0 aromatic heterocycles. The molecule has 0 aliphatic carbocycles. The third-order valence-corrected chi connectivity index (χ3v) is 5.57. The van der Waals surface area contributed by atoms with Crippen molar-refractivity contribution in [3.8, 4) is 11.5 Å². The topological polar surface area (TPSA) is 98.4 Å². The summed E-state index contributed by atoms with van der Waals surface area (Å²) >= 11 is 0. The van der Waals surface area contributed by atoms with Crippen LogP contribution < -0.4 is 20.1 Å². The van der Waals surface area contributed by atoms with Gasteiger partial charge in [0.25, 0.3) is 0 Å². The maximum absolute atomic E-state index is 12.5. The first-order valence-electron chi connectivity index (χ1n) is 10.1. The second-order valence-electron chi connectivity index (χ2n) is 7.46. The quantitative estimate of drug-likeness (QED) is 0.785. The minimum absolute atomic E-state index is 0.113. The molecule has 2 N–H and O–H groups in total. The van der Waals surface area contributed by atoms with E-state index in [1.54, 1.807) is 18.2 Å². The van der Waals surface area contributed by atoms with Crippen LogP contribution in [0.5, 0.6) is 11.5 Å². The molecule has 0 bridgehead atoms. The average molecular weight is 405 g/mol. The molecule has 4 rings (SSSR count). The van der Waals surface area contributed by atoms with Gasteiger partial charge in [0.1, 0.15) is 13.2 Å². The molecule has 2 saturated heterocycles. The molecule has 0 spiro atoms. The molecule has 0 radical (unpaired) electrons. The molecule has 9 nitrogen and oxygen atoms in total. The highest BCUT2D eigenvalue weighted by Crippen LogP contribution is 2.32. The van der Waals surface area contributed by atoms with Crippen molar-refractivity contribution in [2.45, 2.75) is 32.1 Å². The number of carbonyl (C=O) groups excluding carboxylic acids is 2. The summed E-state index contributed by atoms with van der Waals surface area (Å²) in [5, 5.41) is 5.09. The van der Waals surface area contributed by atoms with Crippen LogP contribution in [0, 0.1) is 5.92 Å². The summed E-state index contributed by atoms with van der Waals surface area (Å²) in [7, 11) is 0. The number of fused-ring (bicyclic) bond motifs is 1. The van der Waals surface area contributed by atoms with Gasteiger partial charge in [-0.25, -0.2) is 4.79 Å². The number of benzene rings is 1. The van der Waals surface area contributed by atoms with E-state index in [1.165, 1.54) is 0 Å². The number of nitrogens with zero attached hydrogens (tertiary/aromatic N) is 1. The number of amides is 3. The number of hydrogen-bond acceptors (Lipinski definition) is 7. The molecule has 2 fully saturated rings. The Bertz CT molecular complexity index is 744. The van der Waals surface area contributed by atoms with Crippen LogP contribution in [-0.4, -0.2) is 68.7 Å². The second kappa shape index (κ2) is 8.98. The van der Waals surface area contributed by atoms with Gasteiger partial charge in [0, 0.05) is 17.7 Å². The SMILES string of the molecule is CC(C(=O)NC(=O)Nc1ccc2c(c1)OCCO2)N1CCC(C2OCCO2)CC1. The van der Waals surface area contributed by atoms with Gasteiger partial charge in [-0.3, -0.25) is 15.0 Å². The number of urea groups is 1. The molecule has 0 saturated carbocycles. The van der Waals surface area contributed by atoms with Gasteiger partial charge in [-0.1, -0.05) is 0 Å². The standard InChI is InChI=1S/C20H27N3O6/c1-13(23-6-4-14(5-7-23)19-28-10-11-29-19)18(24)22-20(25)21-15-2-3-16-17(12-15)27-9-8-26-16/h2-3,12-14,19H,4-11H2,1H3,(H2,21,22,24,25). The highest BCUT2D eigenvalue weighted by molar-refractivity contribution is 6.02. The predicted octanol–water partition coefficient (Wildman–Crippen LogP) is 1.58. The molecule has 158 valence electrons. The van der Waals surface area contributed by atoms with Gasteiger partial charge in [-0.15, -0.1) is 0 Å². The van der Waals surface area contributed by atoms with Gasteiger partial charge in [-0.05, 0) is 45.0 Å². The monoisotopic (exact) mass is 405 g/mol. The summed E-state index contributed by atoms with van der Waals surface area (Å²) in [6.45, 7) is 5.64. The number of hydrogen-bond donors (Lipinski definition) is 2. The Morgan fingerprint density at radius 2 is 1.72 bits per heavy atom. The first-order chi connectivity index (χ1) is 14.1. The number of piperidine rings is 1. The number of rotatable bonds is 4. The van der Waals surface area contributed by atoms with Crippen LogP contribution in [-0.2, 0) is 14.3 Å². The zero-order valence-electron chi connectivity index (χ0n) is 16.5. The van der Waals surface area contributed by atoms with Crippen LogP contribution in [0.2, 0.25) is 0 Å². The van der Waals surface area contributed by atoms with Crippen LogP contribution >= 0.6 is 0 Å².